The van der Waals surface area contributed by atoms with Crippen molar-refractivity contribution in [2.75, 3.05) is 24.3 Å². The van der Waals surface area contributed by atoms with Gasteiger partial charge in [-0.1, -0.05) is 35.8 Å². The summed E-state index contributed by atoms with van der Waals surface area (Å²) < 4.78 is 0. The Hall–Kier alpha value is -1.03. The Labute approximate surface area is 111 Å². The number of hydrogen-bond donors (Lipinski definition) is 1. The van der Waals surface area contributed by atoms with E-state index in [1.165, 1.54) is 0 Å². The lowest BCUT2D eigenvalue weighted by atomic mass is 10.1. The first-order valence-corrected chi connectivity index (χ1v) is 6.55. The Balaban J connectivity index is 2.75. The fourth-order valence-corrected chi connectivity index (χ4v) is 1.49. The van der Waals surface area contributed by atoms with E-state index in [9.17, 15) is 4.79 Å². The monoisotopic (exact) mass is 298 g/mol. The zero-order valence-electron chi connectivity index (χ0n) is 10.7. The predicted molar refractivity (Wildman–Crippen MR) is 77.0 cm³/mol. The molecule has 1 N–H and O–H groups in total. The number of nitrogens with one attached hydrogen (secondary N) is 1. The second-order valence-electron chi connectivity index (χ2n) is 4.58. The first kappa shape index (κ1) is 14.0. The maximum absolute atomic E-state index is 11.9. The van der Waals surface area contributed by atoms with Crippen molar-refractivity contribution in [3.63, 3.8) is 0 Å². The molecule has 0 saturated heterocycles. The molecule has 1 amide bonds. The molecule has 1 atom stereocenters. The molecule has 3 nitrogen and oxygen atoms in total. The highest BCUT2D eigenvalue weighted by Gasteiger charge is 2.18. The summed E-state index contributed by atoms with van der Waals surface area (Å²) in [6, 6.07) is 7.79. The van der Waals surface area contributed by atoms with Crippen molar-refractivity contribution in [3.05, 3.63) is 24.3 Å². The lowest BCUT2D eigenvalue weighted by molar-refractivity contribution is -0.116. The van der Waals surface area contributed by atoms with Gasteiger partial charge in [0.25, 0.3) is 0 Å². The zero-order valence-corrected chi connectivity index (χ0v) is 12.3. The largest absolute Gasteiger partial charge is 0.378 e. The van der Waals surface area contributed by atoms with Crippen molar-refractivity contribution in [3.8, 4) is 0 Å². The molecule has 0 spiro atoms. The molecule has 0 heterocycles. The highest BCUT2D eigenvalue weighted by atomic mass is 79.9. The minimum Gasteiger partial charge on any atom is -0.378 e. The van der Waals surface area contributed by atoms with Gasteiger partial charge in [0.1, 0.15) is 0 Å². The van der Waals surface area contributed by atoms with E-state index in [0.717, 1.165) is 11.4 Å². The summed E-state index contributed by atoms with van der Waals surface area (Å²) in [6.45, 7) is 4.02. The first-order chi connectivity index (χ1) is 7.91. The quantitative estimate of drug-likeness (QED) is 0.866. The van der Waals surface area contributed by atoms with Crippen LogP contribution in [0.4, 0.5) is 11.4 Å². The Morgan fingerprint density at radius 1 is 1.35 bits per heavy atom. The topological polar surface area (TPSA) is 32.3 Å². The van der Waals surface area contributed by atoms with E-state index >= 15 is 0 Å². The van der Waals surface area contributed by atoms with E-state index < -0.39 is 0 Å². The molecule has 1 unspecified atom stereocenters. The van der Waals surface area contributed by atoms with Crippen molar-refractivity contribution in [1.82, 2.24) is 0 Å². The van der Waals surface area contributed by atoms with Crippen molar-refractivity contribution in [1.29, 1.82) is 0 Å². The zero-order chi connectivity index (χ0) is 13.0. The van der Waals surface area contributed by atoms with Crippen LogP contribution in [0.1, 0.15) is 13.8 Å². The highest BCUT2D eigenvalue weighted by Crippen LogP contribution is 2.19. The van der Waals surface area contributed by atoms with Crippen molar-refractivity contribution < 1.29 is 4.79 Å². The molecular weight excluding hydrogens is 280 g/mol. The molecule has 0 radical (unpaired) electrons. The second kappa shape index (κ2) is 6.05. The molecule has 17 heavy (non-hydrogen) atoms. The molecule has 0 bridgehead atoms. The SMILES string of the molecule is CC(C)C(Br)C(=O)Nc1cccc(N(C)C)c1. The van der Waals surface area contributed by atoms with E-state index in [1.54, 1.807) is 0 Å². The van der Waals surface area contributed by atoms with Gasteiger partial charge in [0.15, 0.2) is 0 Å². The summed E-state index contributed by atoms with van der Waals surface area (Å²) in [5.41, 5.74) is 1.89. The van der Waals surface area contributed by atoms with Gasteiger partial charge in [-0.2, -0.15) is 0 Å². The van der Waals surface area contributed by atoms with Crippen LogP contribution in [0.5, 0.6) is 0 Å². The van der Waals surface area contributed by atoms with E-state index in [0.29, 0.717) is 0 Å². The number of anilines is 2. The predicted octanol–water partition coefficient (Wildman–Crippen LogP) is 3.11. The van der Waals surface area contributed by atoms with Gasteiger partial charge >= 0.3 is 0 Å². The van der Waals surface area contributed by atoms with Gasteiger partial charge in [0.2, 0.25) is 5.91 Å². The number of amides is 1. The smallest absolute Gasteiger partial charge is 0.238 e. The highest BCUT2D eigenvalue weighted by molar-refractivity contribution is 9.10. The number of halogens is 1. The van der Waals surface area contributed by atoms with E-state index in [4.69, 9.17) is 0 Å². The summed E-state index contributed by atoms with van der Waals surface area (Å²) in [7, 11) is 3.95. The minimum absolute atomic E-state index is 0.00379. The fourth-order valence-electron chi connectivity index (χ4n) is 1.38. The fraction of sp³-hybridized carbons (Fsp3) is 0.462. The number of benzene rings is 1. The Kier molecular flexibility index (Phi) is 5.00. The summed E-state index contributed by atoms with van der Waals surface area (Å²) in [4.78, 5) is 13.7. The van der Waals surface area contributed by atoms with Gasteiger partial charge in [0, 0.05) is 25.5 Å². The van der Waals surface area contributed by atoms with Crippen molar-refractivity contribution in [2.45, 2.75) is 18.7 Å². The van der Waals surface area contributed by atoms with Crippen LogP contribution in [0.15, 0.2) is 24.3 Å². The minimum atomic E-state index is -0.162. The van der Waals surface area contributed by atoms with Gasteiger partial charge in [-0.05, 0) is 24.1 Å². The number of nitrogens with zero attached hydrogens (tertiary/aromatic N) is 1. The Morgan fingerprint density at radius 2 is 2.00 bits per heavy atom. The molecule has 1 aromatic carbocycles. The normalized spacial score (nSPS) is 12.4. The summed E-state index contributed by atoms with van der Waals surface area (Å²) >= 11 is 3.39. The van der Waals surface area contributed by atoms with Crippen molar-refractivity contribution >= 4 is 33.2 Å². The Morgan fingerprint density at radius 3 is 2.53 bits per heavy atom. The van der Waals surface area contributed by atoms with Gasteiger partial charge in [0.05, 0.1) is 4.83 Å². The van der Waals surface area contributed by atoms with Crippen LogP contribution >= 0.6 is 15.9 Å². The second-order valence-corrected chi connectivity index (χ2v) is 5.57. The summed E-state index contributed by atoms with van der Waals surface area (Å²) in [5.74, 6) is 0.267. The molecule has 4 heteroatoms. The van der Waals surface area contributed by atoms with Gasteiger partial charge < -0.3 is 10.2 Å². The molecule has 0 fully saturated rings. The first-order valence-electron chi connectivity index (χ1n) is 5.64. The van der Waals surface area contributed by atoms with Gasteiger partial charge in [-0.25, -0.2) is 0 Å². The third-order valence-corrected chi connectivity index (χ3v) is 3.94. The molecule has 0 aromatic heterocycles. The molecule has 0 aliphatic rings. The van der Waals surface area contributed by atoms with Crippen LogP contribution in [0.2, 0.25) is 0 Å². The summed E-state index contributed by atoms with van der Waals surface area (Å²) in [5, 5.41) is 2.91. The molecule has 0 saturated carbocycles. The molecular formula is C13H19BrN2O. The van der Waals surface area contributed by atoms with E-state index in [-0.39, 0.29) is 16.7 Å². The number of carbonyl (C=O) groups is 1. The number of rotatable bonds is 4. The van der Waals surface area contributed by atoms with Crippen LogP contribution in [0, 0.1) is 5.92 Å². The van der Waals surface area contributed by atoms with E-state index in [1.807, 2.05) is 57.1 Å². The average molecular weight is 299 g/mol. The molecule has 0 aliphatic carbocycles. The maximum atomic E-state index is 11.9. The maximum Gasteiger partial charge on any atom is 0.238 e. The molecule has 94 valence electrons. The van der Waals surface area contributed by atoms with Crippen LogP contribution < -0.4 is 10.2 Å². The lowest BCUT2D eigenvalue weighted by Crippen LogP contribution is -2.27. The molecule has 1 rings (SSSR count). The molecule has 1 aromatic rings. The average Bonchev–Trinajstić information content (AvgIpc) is 2.28. The molecule has 0 aliphatic heterocycles. The Bertz CT molecular complexity index is 391. The van der Waals surface area contributed by atoms with Crippen LogP contribution in [-0.2, 0) is 4.79 Å². The van der Waals surface area contributed by atoms with Gasteiger partial charge in [-0.3, -0.25) is 4.79 Å². The summed E-state index contributed by atoms with van der Waals surface area (Å²) in [6.07, 6.45) is 0. The third kappa shape index (κ3) is 4.04. The number of hydrogen-bond acceptors (Lipinski definition) is 2. The van der Waals surface area contributed by atoms with Gasteiger partial charge in [-0.15, -0.1) is 0 Å². The third-order valence-electron chi connectivity index (χ3n) is 2.47. The van der Waals surface area contributed by atoms with Crippen molar-refractivity contribution in [2.24, 2.45) is 5.92 Å². The van der Waals surface area contributed by atoms with E-state index in [2.05, 4.69) is 21.2 Å². The van der Waals surface area contributed by atoms with Crippen LogP contribution in [0.25, 0.3) is 0 Å². The number of alkyl halides is 1. The van der Waals surface area contributed by atoms with Crippen LogP contribution in [-0.4, -0.2) is 24.8 Å². The standard InChI is InChI=1S/C13H19BrN2O/c1-9(2)12(14)13(17)15-10-6-5-7-11(8-10)16(3)4/h5-9,12H,1-4H3,(H,15,17). The van der Waals surface area contributed by atoms with Crippen LogP contribution in [0.3, 0.4) is 0 Å². The lowest BCUT2D eigenvalue weighted by Gasteiger charge is -2.16. The number of carbonyl (C=O) groups excluding carboxylic acids is 1.